The van der Waals surface area contributed by atoms with Crippen LogP contribution in [0.15, 0.2) is 24.3 Å². The highest BCUT2D eigenvalue weighted by atomic mass is 32.1. The van der Waals surface area contributed by atoms with Gasteiger partial charge in [-0.05, 0) is 36.6 Å². The molecule has 0 radical (unpaired) electrons. The van der Waals surface area contributed by atoms with Crippen LogP contribution in [0.5, 0.6) is 11.5 Å². The maximum Gasteiger partial charge on any atom is 0.410 e. The van der Waals surface area contributed by atoms with Gasteiger partial charge in [-0.1, -0.05) is 13.0 Å². The van der Waals surface area contributed by atoms with E-state index in [1.54, 1.807) is 18.2 Å². The lowest BCUT2D eigenvalue weighted by Crippen LogP contribution is -2.35. The first-order valence-electron chi connectivity index (χ1n) is 11.1. The van der Waals surface area contributed by atoms with E-state index in [0.29, 0.717) is 34.0 Å². The highest BCUT2D eigenvalue weighted by molar-refractivity contribution is 7.16. The van der Waals surface area contributed by atoms with E-state index in [1.807, 2.05) is 13.8 Å². The van der Waals surface area contributed by atoms with Gasteiger partial charge >= 0.3 is 6.18 Å². The molecule has 0 saturated heterocycles. The van der Waals surface area contributed by atoms with E-state index in [0.717, 1.165) is 15.1 Å². The van der Waals surface area contributed by atoms with Gasteiger partial charge in [0.05, 0.1) is 25.8 Å². The molecule has 2 N–H and O–H groups in total. The summed E-state index contributed by atoms with van der Waals surface area (Å²) in [6, 6.07) is 5.64. The van der Waals surface area contributed by atoms with Crippen LogP contribution in [0, 0.1) is 18.3 Å². The van der Waals surface area contributed by atoms with Gasteiger partial charge in [-0.2, -0.15) is 23.5 Å². The van der Waals surface area contributed by atoms with Gasteiger partial charge < -0.3 is 20.1 Å². The van der Waals surface area contributed by atoms with Crippen molar-refractivity contribution in [3.63, 3.8) is 0 Å². The van der Waals surface area contributed by atoms with Gasteiger partial charge in [0.15, 0.2) is 23.2 Å². The number of ether oxygens (including phenoxy) is 2. The van der Waals surface area contributed by atoms with E-state index >= 15 is 0 Å². The second-order valence-corrected chi connectivity index (χ2v) is 9.45. The Bertz CT molecular complexity index is 1340. The number of benzene rings is 1. The second kappa shape index (κ2) is 9.73. The van der Waals surface area contributed by atoms with Crippen molar-refractivity contribution in [1.29, 1.82) is 5.26 Å². The Morgan fingerprint density at radius 2 is 2.03 bits per heavy atom. The Kier molecular flexibility index (Phi) is 6.86. The Balaban J connectivity index is 1.67. The fourth-order valence-electron chi connectivity index (χ4n) is 4.35. The summed E-state index contributed by atoms with van der Waals surface area (Å²) < 4.78 is 53.5. The van der Waals surface area contributed by atoms with Gasteiger partial charge in [0.1, 0.15) is 16.9 Å². The maximum atomic E-state index is 14.0. The van der Waals surface area contributed by atoms with Gasteiger partial charge in [-0.25, -0.2) is 4.68 Å². The average Bonchev–Trinajstić information content (AvgIpc) is 3.42. The van der Waals surface area contributed by atoms with Crippen molar-refractivity contribution in [1.82, 2.24) is 9.78 Å². The summed E-state index contributed by atoms with van der Waals surface area (Å²) in [6.45, 7) is 3.75. The lowest BCUT2D eigenvalue weighted by Gasteiger charge is -2.33. The molecule has 1 aliphatic heterocycles. The third-order valence-electron chi connectivity index (χ3n) is 6.13. The van der Waals surface area contributed by atoms with Gasteiger partial charge in [0.2, 0.25) is 0 Å². The maximum absolute atomic E-state index is 14.0. The molecule has 0 spiro atoms. The summed E-state index contributed by atoms with van der Waals surface area (Å²) in [4.78, 5) is 13.8. The van der Waals surface area contributed by atoms with E-state index in [9.17, 15) is 23.2 Å². The monoisotopic (exact) mass is 519 g/mol. The zero-order chi connectivity index (χ0) is 26.2. The summed E-state index contributed by atoms with van der Waals surface area (Å²) >= 11 is 1.25. The van der Waals surface area contributed by atoms with Crippen LogP contribution < -0.4 is 20.1 Å². The number of aromatic nitrogens is 2. The fraction of sp³-hybridized carbons (Fsp3) is 0.375. The number of anilines is 2. The average molecular weight is 520 g/mol. The van der Waals surface area contributed by atoms with Crippen molar-refractivity contribution in [2.45, 2.75) is 44.9 Å². The van der Waals surface area contributed by atoms with Crippen molar-refractivity contribution in [2.24, 2.45) is 0 Å². The molecule has 12 heteroatoms. The summed E-state index contributed by atoms with van der Waals surface area (Å²) in [5.74, 6) is 0.221. The topological polar surface area (TPSA) is 101 Å². The largest absolute Gasteiger partial charge is 0.493 e. The number of methoxy groups -OCH3 is 2. The number of hydrogen-bond donors (Lipinski definition) is 2. The Morgan fingerprint density at radius 1 is 1.31 bits per heavy atom. The predicted molar refractivity (Wildman–Crippen MR) is 129 cm³/mol. The molecule has 4 rings (SSSR count). The number of nitrogens with zero attached hydrogens (tertiary/aromatic N) is 3. The van der Waals surface area contributed by atoms with Crippen molar-refractivity contribution >= 4 is 28.1 Å². The molecule has 3 heterocycles. The first-order valence-corrected chi connectivity index (χ1v) is 11.9. The molecule has 2 aromatic heterocycles. The molecule has 1 aliphatic rings. The normalized spacial score (nSPS) is 17.1. The van der Waals surface area contributed by atoms with Crippen LogP contribution in [0.1, 0.15) is 57.5 Å². The first-order chi connectivity index (χ1) is 17.1. The number of alkyl halides is 3. The van der Waals surface area contributed by atoms with Crippen molar-refractivity contribution in [2.75, 3.05) is 24.9 Å². The minimum Gasteiger partial charge on any atom is -0.493 e. The third-order valence-corrected chi connectivity index (χ3v) is 7.20. The molecule has 0 aliphatic carbocycles. The molecule has 1 aromatic carbocycles. The van der Waals surface area contributed by atoms with Crippen LogP contribution in [0.2, 0.25) is 0 Å². The lowest BCUT2D eigenvalue weighted by molar-refractivity contribution is -0.173. The highest BCUT2D eigenvalue weighted by Crippen LogP contribution is 2.45. The number of rotatable bonds is 6. The molecule has 1 amide bonds. The highest BCUT2D eigenvalue weighted by Gasteiger charge is 2.47. The quantitative estimate of drug-likeness (QED) is 0.439. The van der Waals surface area contributed by atoms with E-state index in [4.69, 9.17) is 9.47 Å². The predicted octanol–water partition coefficient (Wildman–Crippen LogP) is 5.62. The van der Waals surface area contributed by atoms with Crippen LogP contribution in [-0.2, 0) is 6.42 Å². The molecule has 0 unspecified atom stereocenters. The summed E-state index contributed by atoms with van der Waals surface area (Å²) in [7, 11) is 2.92. The van der Waals surface area contributed by atoms with E-state index in [1.165, 1.54) is 31.6 Å². The molecule has 0 fully saturated rings. The number of aryl methyl sites for hydroxylation is 1. The van der Waals surface area contributed by atoms with Crippen molar-refractivity contribution in [3.05, 3.63) is 51.5 Å². The minimum atomic E-state index is -4.60. The number of thiophene rings is 1. The van der Waals surface area contributed by atoms with Gasteiger partial charge in [-0.3, -0.25) is 4.79 Å². The smallest absolute Gasteiger partial charge is 0.410 e. The van der Waals surface area contributed by atoms with Crippen LogP contribution in [0.25, 0.3) is 0 Å². The number of hydrogen-bond acceptors (Lipinski definition) is 7. The Morgan fingerprint density at radius 3 is 2.64 bits per heavy atom. The Labute approximate surface area is 209 Å². The van der Waals surface area contributed by atoms with Gasteiger partial charge in [-0.15, -0.1) is 11.3 Å². The van der Waals surface area contributed by atoms with Crippen LogP contribution in [0.3, 0.4) is 0 Å². The number of fused-ring (bicyclic) bond motifs is 1. The summed E-state index contributed by atoms with van der Waals surface area (Å²) in [5.41, 5.74) is 1.57. The van der Waals surface area contributed by atoms with Crippen LogP contribution >= 0.6 is 11.3 Å². The van der Waals surface area contributed by atoms with Crippen molar-refractivity contribution in [3.8, 4) is 17.6 Å². The van der Waals surface area contributed by atoms with E-state index < -0.39 is 24.2 Å². The van der Waals surface area contributed by atoms with Crippen LogP contribution in [0.4, 0.5) is 24.0 Å². The number of carbonyl (C=O) groups excluding carboxylic acids is 1. The van der Waals surface area contributed by atoms with Gasteiger partial charge in [0, 0.05) is 17.4 Å². The first kappa shape index (κ1) is 25.4. The van der Waals surface area contributed by atoms with E-state index in [-0.39, 0.29) is 17.9 Å². The molecule has 0 bridgehead atoms. The SMILES string of the molecule is CCc1c(C)sc(NC(=O)c2cc3n(n2)[C@@H](C(F)(F)F)C[C@H](c2ccc(OC)c(OC)c2)N3)c1C#N. The Hall–Kier alpha value is -3.72. The number of carbonyl (C=O) groups is 1. The fourth-order valence-corrected chi connectivity index (χ4v) is 5.44. The third kappa shape index (κ3) is 4.58. The van der Waals surface area contributed by atoms with Crippen molar-refractivity contribution < 1.29 is 27.4 Å². The number of halogens is 3. The zero-order valence-electron chi connectivity index (χ0n) is 20.0. The molecule has 3 aromatic rings. The van der Waals surface area contributed by atoms with E-state index in [2.05, 4.69) is 21.8 Å². The van der Waals surface area contributed by atoms with Gasteiger partial charge in [0.25, 0.3) is 5.91 Å². The molecule has 36 heavy (non-hydrogen) atoms. The zero-order valence-corrected chi connectivity index (χ0v) is 20.8. The summed E-state index contributed by atoms with van der Waals surface area (Å²) in [6.07, 6.45) is -4.31. The number of amides is 1. The number of nitrogens with one attached hydrogen (secondary N) is 2. The lowest BCUT2D eigenvalue weighted by atomic mass is 9.96. The molecular weight excluding hydrogens is 495 g/mol. The molecule has 8 nitrogen and oxygen atoms in total. The second-order valence-electron chi connectivity index (χ2n) is 8.22. The standard InChI is InChI=1S/C24H24F3N5O3S/c1-5-14-12(2)36-23(15(14)11-28)30-22(33)17-10-21-29-16(9-20(24(25,26)27)32(21)31-17)13-6-7-18(34-3)19(8-13)35-4/h6-8,10,16,20,29H,5,9H2,1-4H3,(H,30,33)/t16-,20-/m1/s1. The number of nitriles is 1. The molecular formula is C24H24F3N5O3S. The molecule has 2 atom stereocenters. The molecule has 0 saturated carbocycles. The molecule has 190 valence electrons. The summed E-state index contributed by atoms with van der Waals surface area (Å²) in [5, 5.41) is 19.6. The minimum absolute atomic E-state index is 0.0608. The van der Waals surface area contributed by atoms with Crippen LogP contribution in [-0.4, -0.2) is 36.1 Å².